The summed E-state index contributed by atoms with van der Waals surface area (Å²) in [5.41, 5.74) is 0.792. The van der Waals surface area contributed by atoms with Gasteiger partial charge in [-0.05, 0) is 19.1 Å². The number of aromatic nitrogens is 1. The van der Waals surface area contributed by atoms with E-state index in [1.165, 1.54) is 0 Å². The molecule has 1 N–H and O–H groups in total. The maximum absolute atomic E-state index is 9.48. The molecule has 2 unspecified atom stereocenters. The van der Waals surface area contributed by atoms with E-state index in [2.05, 4.69) is 4.98 Å². The monoisotopic (exact) mass is 151 g/mol. The highest BCUT2D eigenvalue weighted by atomic mass is 16.5. The first kappa shape index (κ1) is 6.61. The van der Waals surface area contributed by atoms with E-state index in [0.717, 1.165) is 5.56 Å². The molecule has 1 aromatic heterocycles. The number of nitrogens with zero attached hydrogens (tertiary/aromatic N) is 1. The second-order valence-corrected chi connectivity index (χ2v) is 2.67. The fraction of sp³-hybridized carbons (Fsp3) is 0.375. The molecule has 1 aliphatic rings. The lowest BCUT2D eigenvalue weighted by atomic mass is 10.1. The first-order chi connectivity index (χ1) is 5.29. The van der Waals surface area contributed by atoms with Gasteiger partial charge in [-0.2, -0.15) is 0 Å². The van der Waals surface area contributed by atoms with Crippen LogP contribution in [0, 0.1) is 0 Å². The van der Waals surface area contributed by atoms with E-state index in [0.29, 0.717) is 5.88 Å². The smallest absolute Gasteiger partial charge is 0.219 e. The Morgan fingerprint density at radius 1 is 1.64 bits per heavy atom. The molecule has 0 saturated carbocycles. The normalized spacial score (nSPS) is 27.8. The van der Waals surface area contributed by atoms with Crippen LogP contribution in [-0.4, -0.2) is 16.2 Å². The van der Waals surface area contributed by atoms with Crippen molar-refractivity contribution in [3.63, 3.8) is 0 Å². The van der Waals surface area contributed by atoms with Gasteiger partial charge in [0.1, 0.15) is 12.2 Å². The number of hydrogen-bond donors (Lipinski definition) is 1. The lowest BCUT2D eigenvalue weighted by molar-refractivity contribution is 0.0781. The van der Waals surface area contributed by atoms with Crippen LogP contribution >= 0.6 is 0 Å². The highest BCUT2D eigenvalue weighted by Crippen LogP contribution is 2.33. The van der Waals surface area contributed by atoms with Gasteiger partial charge in [-0.15, -0.1) is 0 Å². The lowest BCUT2D eigenvalue weighted by Crippen LogP contribution is -2.12. The standard InChI is InChI=1S/C8H9NO2/c1-5-7(10)6-3-2-4-9-8(6)11-5/h2-5,7,10H,1H3. The van der Waals surface area contributed by atoms with Gasteiger partial charge in [0.15, 0.2) is 0 Å². The molecule has 0 aliphatic carbocycles. The molecule has 3 nitrogen and oxygen atoms in total. The van der Waals surface area contributed by atoms with Gasteiger partial charge >= 0.3 is 0 Å². The van der Waals surface area contributed by atoms with Gasteiger partial charge in [-0.3, -0.25) is 0 Å². The predicted octanol–water partition coefficient (Wildman–Crippen LogP) is 0.896. The zero-order valence-electron chi connectivity index (χ0n) is 6.19. The van der Waals surface area contributed by atoms with Crippen LogP contribution in [0.5, 0.6) is 5.88 Å². The molecular weight excluding hydrogens is 142 g/mol. The Bertz CT molecular complexity index is 275. The molecule has 0 saturated heterocycles. The van der Waals surface area contributed by atoms with E-state index in [4.69, 9.17) is 4.74 Å². The SMILES string of the molecule is CC1Oc2ncccc2C1O. The van der Waals surface area contributed by atoms with Crippen LogP contribution in [0.25, 0.3) is 0 Å². The fourth-order valence-corrected chi connectivity index (χ4v) is 1.22. The number of aliphatic hydroxyl groups is 1. The highest BCUT2D eigenvalue weighted by Gasteiger charge is 2.29. The van der Waals surface area contributed by atoms with Gasteiger partial charge in [0.05, 0.1) is 0 Å². The Hall–Kier alpha value is -1.09. The van der Waals surface area contributed by atoms with Crippen LogP contribution in [0.15, 0.2) is 18.3 Å². The number of rotatable bonds is 0. The van der Waals surface area contributed by atoms with Gasteiger partial charge < -0.3 is 9.84 Å². The predicted molar refractivity (Wildman–Crippen MR) is 39.3 cm³/mol. The van der Waals surface area contributed by atoms with Gasteiger partial charge in [0, 0.05) is 11.8 Å². The minimum Gasteiger partial charge on any atom is -0.471 e. The number of pyridine rings is 1. The van der Waals surface area contributed by atoms with Gasteiger partial charge in [0.25, 0.3) is 0 Å². The summed E-state index contributed by atoms with van der Waals surface area (Å²) in [5, 5.41) is 9.48. The van der Waals surface area contributed by atoms with Crippen molar-refractivity contribution in [2.45, 2.75) is 19.1 Å². The van der Waals surface area contributed by atoms with Crippen molar-refractivity contribution in [3.8, 4) is 5.88 Å². The molecule has 0 aromatic carbocycles. The van der Waals surface area contributed by atoms with Crippen LogP contribution in [0.2, 0.25) is 0 Å². The van der Waals surface area contributed by atoms with Crippen LogP contribution in [0.4, 0.5) is 0 Å². The lowest BCUT2D eigenvalue weighted by Gasteiger charge is -2.05. The molecule has 2 atom stereocenters. The Morgan fingerprint density at radius 3 is 3.18 bits per heavy atom. The summed E-state index contributed by atoms with van der Waals surface area (Å²) in [6.45, 7) is 1.83. The van der Waals surface area contributed by atoms with E-state index in [1.54, 1.807) is 12.3 Å². The van der Waals surface area contributed by atoms with Crippen molar-refractivity contribution in [3.05, 3.63) is 23.9 Å². The number of fused-ring (bicyclic) bond motifs is 1. The molecule has 58 valence electrons. The van der Waals surface area contributed by atoms with Crippen molar-refractivity contribution in [1.82, 2.24) is 4.98 Å². The second kappa shape index (κ2) is 2.20. The highest BCUT2D eigenvalue weighted by molar-refractivity contribution is 5.32. The summed E-state index contributed by atoms with van der Waals surface area (Å²) >= 11 is 0. The molecule has 0 bridgehead atoms. The summed E-state index contributed by atoms with van der Waals surface area (Å²) in [5.74, 6) is 0.563. The summed E-state index contributed by atoms with van der Waals surface area (Å²) in [6.07, 6.45) is 0.974. The Balaban J connectivity index is 2.47. The molecule has 0 spiro atoms. The number of hydrogen-bond acceptors (Lipinski definition) is 3. The Labute approximate surface area is 64.6 Å². The number of ether oxygens (including phenoxy) is 1. The van der Waals surface area contributed by atoms with E-state index < -0.39 is 6.10 Å². The first-order valence-corrected chi connectivity index (χ1v) is 3.58. The molecular formula is C8H9NO2. The van der Waals surface area contributed by atoms with Crippen LogP contribution < -0.4 is 4.74 Å². The van der Waals surface area contributed by atoms with Gasteiger partial charge in [-0.25, -0.2) is 4.98 Å². The Morgan fingerprint density at radius 2 is 2.45 bits per heavy atom. The zero-order chi connectivity index (χ0) is 7.84. The van der Waals surface area contributed by atoms with E-state index >= 15 is 0 Å². The van der Waals surface area contributed by atoms with E-state index in [1.807, 2.05) is 13.0 Å². The number of aliphatic hydroxyl groups excluding tert-OH is 1. The maximum Gasteiger partial charge on any atom is 0.219 e. The van der Waals surface area contributed by atoms with Gasteiger partial charge in [-0.1, -0.05) is 0 Å². The average Bonchev–Trinajstić information content (AvgIpc) is 2.30. The van der Waals surface area contributed by atoms with Crippen molar-refractivity contribution in [2.75, 3.05) is 0 Å². The largest absolute Gasteiger partial charge is 0.471 e. The summed E-state index contributed by atoms with van der Waals surface area (Å²) in [4.78, 5) is 3.98. The van der Waals surface area contributed by atoms with Gasteiger partial charge in [0.2, 0.25) is 5.88 Å². The molecule has 0 radical (unpaired) electrons. The first-order valence-electron chi connectivity index (χ1n) is 3.58. The molecule has 0 amide bonds. The van der Waals surface area contributed by atoms with E-state index in [-0.39, 0.29) is 6.10 Å². The van der Waals surface area contributed by atoms with Crippen LogP contribution in [-0.2, 0) is 0 Å². The third-order valence-electron chi connectivity index (χ3n) is 1.86. The Kier molecular flexibility index (Phi) is 1.32. The molecule has 3 heteroatoms. The molecule has 2 rings (SSSR count). The second-order valence-electron chi connectivity index (χ2n) is 2.67. The molecule has 0 fully saturated rings. The van der Waals surface area contributed by atoms with Crippen LogP contribution in [0.1, 0.15) is 18.6 Å². The third kappa shape index (κ3) is 0.886. The summed E-state index contributed by atoms with van der Waals surface area (Å²) in [7, 11) is 0. The van der Waals surface area contributed by atoms with Crippen molar-refractivity contribution in [1.29, 1.82) is 0 Å². The summed E-state index contributed by atoms with van der Waals surface area (Å²) in [6, 6.07) is 3.62. The van der Waals surface area contributed by atoms with Crippen molar-refractivity contribution < 1.29 is 9.84 Å². The zero-order valence-corrected chi connectivity index (χ0v) is 6.19. The molecule has 11 heavy (non-hydrogen) atoms. The molecule has 1 aliphatic heterocycles. The minimum absolute atomic E-state index is 0.167. The van der Waals surface area contributed by atoms with E-state index in [9.17, 15) is 5.11 Å². The topological polar surface area (TPSA) is 42.4 Å². The van der Waals surface area contributed by atoms with Crippen molar-refractivity contribution in [2.24, 2.45) is 0 Å². The third-order valence-corrected chi connectivity index (χ3v) is 1.86. The summed E-state index contributed by atoms with van der Waals surface area (Å²) < 4.78 is 5.26. The minimum atomic E-state index is -0.515. The fourth-order valence-electron chi connectivity index (χ4n) is 1.22. The van der Waals surface area contributed by atoms with Crippen molar-refractivity contribution >= 4 is 0 Å². The average molecular weight is 151 g/mol. The van der Waals surface area contributed by atoms with Crippen LogP contribution in [0.3, 0.4) is 0 Å². The molecule has 2 heterocycles. The molecule has 1 aromatic rings. The maximum atomic E-state index is 9.48. The quantitative estimate of drug-likeness (QED) is 0.599.